The van der Waals surface area contributed by atoms with Crippen LogP contribution in [0.1, 0.15) is 20.3 Å². The number of halogens is 1. The summed E-state index contributed by atoms with van der Waals surface area (Å²) >= 11 is 0. The summed E-state index contributed by atoms with van der Waals surface area (Å²) in [5.41, 5.74) is -0.919. The van der Waals surface area contributed by atoms with E-state index in [-0.39, 0.29) is 30.5 Å². The molecule has 0 aliphatic carbocycles. The molecular formula is C15H34IN5O4S. The van der Waals surface area contributed by atoms with Crippen molar-refractivity contribution < 1.29 is 18.3 Å². The summed E-state index contributed by atoms with van der Waals surface area (Å²) in [6.07, 6.45) is 1.78. The van der Waals surface area contributed by atoms with E-state index in [1.807, 2.05) is 6.92 Å². The summed E-state index contributed by atoms with van der Waals surface area (Å²) in [5.74, 6) is 0.615. The first-order valence-electron chi connectivity index (χ1n) is 8.71. The van der Waals surface area contributed by atoms with E-state index in [9.17, 15) is 13.5 Å². The van der Waals surface area contributed by atoms with Crippen molar-refractivity contribution in [3.05, 3.63) is 0 Å². The van der Waals surface area contributed by atoms with Crippen LogP contribution < -0.4 is 15.4 Å². The fraction of sp³-hybridized carbons (Fsp3) is 0.933. The van der Waals surface area contributed by atoms with Gasteiger partial charge in [0.1, 0.15) is 0 Å². The van der Waals surface area contributed by atoms with E-state index in [0.29, 0.717) is 51.8 Å². The van der Waals surface area contributed by atoms with Gasteiger partial charge in [0.05, 0.1) is 31.6 Å². The van der Waals surface area contributed by atoms with Crippen molar-refractivity contribution in [1.29, 1.82) is 0 Å². The Bertz CT molecular complexity index is 510. The van der Waals surface area contributed by atoms with Gasteiger partial charge in [-0.1, -0.05) is 0 Å². The van der Waals surface area contributed by atoms with Crippen LogP contribution in [0.25, 0.3) is 0 Å². The molecule has 1 aliphatic rings. The number of hydrogen-bond acceptors (Lipinski definition) is 6. The molecule has 0 saturated carbocycles. The van der Waals surface area contributed by atoms with Crippen LogP contribution >= 0.6 is 24.0 Å². The Morgan fingerprint density at radius 2 is 1.92 bits per heavy atom. The smallest absolute Gasteiger partial charge is 0.208 e. The maximum absolute atomic E-state index is 11.0. The first kappa shape index (κ1) is 25.8. The number of aliphatic hydroxyl groups is 1. The highest BCUT2D eigenvalue weighted by Gasteiger charge is 2.25. The molecule has 0 aromatic heterocycles. The second-order valence-electron chi connectivity index (χ2n) is 6.53. The number of nitrogens with zero attached hydrogens (tertiary/aromatic N) is 2. The van der Waals surface area contributed by atoms with Crippen LogP contribution in [-0.2, 0) is 14.8 Å². The molecule has 1 rings (SSSR count). The highest BCUT2D eigenvalue weighted by atomic mass is 127. The Labute approximate surface area is 174 Å². The summed E-state index contributed by atoms with van der Waals surface area (Å²) in [6.45, 7) is 9.30. The van der Waals surface area contributed by atoms with E-state index >= 15 is 0 Å². The van der Waals surface area contributed by atoms with Gasteiger partial charge in [-0.15, -0.1) is 24.0 Å². The molecule has 0 spiro atoms. The predicted molar refractivity (Wildman–Crippen MR) is 115 cm³/mol. The molecule has 0 aromatic carbocycles. The minimum absolute atomic E-state index is 0. The van der Waals surface area contributed by atoms with Crippen molar-refractivity contribution in [2.75, 3.05) is 65.3 Å². The average molecular weight is 507 g/mol. The Morgan fingerprint density at radius 3 is 2.50 bits per heavy atom. The number of rotatable bonds is 10. The second kappa shape index (κ2) is 13.0. The van der Waals surface area contributed by atoms with E-state index in [1.54, 1.807) is 6.92 Å². The lowest BCUT2D eigenvalue weighted by molar-refractivity contribution is -0.0180. The lowest BCUT2D eigenvalue weighted by Gasteiger charge is -2.33. The van der Waals surface area contributed by atoms with E-state index in [2.05, 4.69) is 25.2 Å². The van der Waals surface area contributed by atoms with Crippen LogP contribution in [0.15, 0.2) is 4.99 Å². The summed E-state index contributed by atoms with van der Waals surface area (Å²) in [7, 11) is -3.15. The van der Waals surface area contributed by atoms with Gasteiger partial charge in [-0.2, -0.15) is 0 Å². The monoisotopic (exact) mass is 507 g/mol. The largest absolute Gasteiger partial charge is 0.387 e. The molecule has 0 aromatic rings. The number of morpholine rings is 1. The fourth-order valence-corrected chi connectivity index (χ4v) is 2.95. The topological polar surface area (TPSA) is 115 Å². The average Bonchev–Trinajstić information content (AvgIpc) is 2.51. The predicted octanol–water partition coefficient (Wildman–Crippen LogP) is -0.818. The third kappa shape index (κ3) is 13.0. The lowest BCUT2D eigenvalue weighted by atomic mass is 10.1. The Hall–Kier alpha value is -0.210. The molecule has 4 N–H and O–H groups in total. The van der Waals surface area contributed by atoms with Gasteiger partial charge in [0, 0.05) is 39.3 Å². The molecular weight excluding hydrogens is 473 g/mol. The summed E-state index contributed by atoms with van der Waals surface area (Å²) in [5, 5.41) is 16.8. The van der Waals surface area contributed by atoms with Crippen LogP contribution in [0.5, 0.6) is 0 Å². The highest BCUT2D eigenvalue weighted by Crippen LogP contribution is 2.09. The number of sulfonamides is 1. The van der Waals surface area contributed by atoms with Gasteiger partial charge < -0.3 is 20.5 Å². The van der Waals surface area contributed by atoms with Gasteiger partial charge in [-0.25, -0.2) is 13.1 Å². The molecule has 1 atom stereocenters. The number of hydrogen-bond donors (Lipinski definition) is 4. The second-order valence-corrected chi connectivity index (χ2v) is 8.36. The molecule has 1 unspecified atom stereocenters. The molecule has 1 saturated heterocycles. The zero-order valence-corrected chi connectivity index (χ0v) is 19.1. The standard InChI is InChI=1S/C15H33N5O4S.HI/c1-4-16-14(17-6-5-7-19-25(3,22)23)18-12-15(2,21)13-20-8-10-24-11-9-20;/h19,21H,4-13H2,1-3H3,(H2,16,17,18);1H. The van der Waals surface area contributed by atoms with Gasteiger partial charge >= 0.3 is 0 Å². The molecule has 156 valence electrons. The lowest BCUT2D eigenvalue weighted by Crippen LogP contribution is -2.48. The van der Waals surface area contributed by atoms with Crippen molar-refractivity contribution in [1.82, 2.24) is 20.3 Å². The number of nitrogens with one attached hydrogen (secondary N) is 3. The molecule has 1 heterocycles. The third-order valence-electron chi connectivity index (χ3n) is 3.60. The highest BCUT2D eigenvalue weighted by molar-refractivity contribution is 14.0. The summed E-state index contributed by atoms with van der Waals surface area (Å²) < 4.78 is 29.8. The van der Waals surface area contributed by atoms with Crippen LogP contribution in [-0.4, -0.2) is 95.3 Å². The quantitative estimate of drug-likeness (QED) is 0.132. The van der Waals surface area contributed by atoms with Crippen molar-refractivity contribution >= 4 is 40.0 Å². The van der Waals surface area contributed by atoms with Crippen LogP contribution in [0.4, 0.5) is 0 Å². The van der Waals surface area contributed by atoms with Crippen LogP contribution in [0.3, 0.4) is 0 Å². The molecule has 1 aliphatic heterocycles. The minimum Gasteiger partial charge on any atom is -0.387 e. The van der Waals surface area contributed by atoms with E-state index in [0.717, 1.165) is 19.3 Å². The van der Waals surface area contributed by atoms with Gasteiger partial charge in [0.2, 0.25) is 10.0 Å². The van der Waals surface area contributed by atoms with Crippen LogP contribution in [0, 0.1) is 0 Å². The SMILES string of the molecule is CCNC(=NCC(C)(O)CN1CCOCC1)NCCCNS(C)(=O)=O.I. The van der Waals surface area contributed by atoms with Crippen LogP contribution in [0.2, 0.25) is 0 Å². The maximum Gasteiger partial charge on any atom is 0.208 e. The zero-order valence-electron chi connectivity index (χ0n) is 16.0. The van der Waals surface area contributed by atoms with Crippen molar-refractivity contribution in [3.63, 3.8) is 0 Å². The van der Waals surface area contributed by atoms with Gasteiger partial charge in [0.15, 0.2) is 5.96 Å². The van der Waals surface area contributed by atoms with Gasteiger partial charge in [-0.3, -0.25) is 9.89 Å². The molecule has 1 fully saturated rings. The molecule has 0 radical (unpaired) electrons. The molecule has 9 nitrogen and oxygen atoms in total. The molecule has 11 heteroatoms. The van der Waals surface area contributed by atoms with Gasteiger partial charge in [-0.05, 0) is 20.3 Å². The summed E-state index contributed by atoms with van der Waals surface area (Å²) in [6, 6.07) is 0. The Balaban J connectivity index is 0.00000625. The zero-order chi connectivity index (χ0) is 18.8. The van der Waals surface area contributed by atoms with Gasteiger partial charge in [0.25, 0.3) is 0 Å². The number of ether oxygens (including phenoxy) is 1. The van der Waals surface area contributed by atoms with E-state index in [1.165, 1.54) is 0 Å². The maximum atomic E-state index is 11.0. The number of β-amino-alcohol motifs (C(OH)–C–C–N with tert-alkyl or cyclic N) is 1. The number of aliphatic imine (C=N–C) groups is 1. The first-order chi connectivity index (χ1) is 11.7. The molecule has 26 heavy (non-hydrogen) atoms. The summed E-state index contributed by atoms with van der Waals surface area (Å²) in [4.78, 5) is 6.62. The van der Waals surface area contributed by atoms with E-state index < -0.39 is 15.6 Å². The van der Waals surface area contributed by atoms with E-state index in [4.69, 9.17) is 4.74 Å². The van der Waals surface area contributed by atoms with Crippen molar-refractivity contribution in [2.45, 2.75) is 25.9 Å². The Kier molecular flexibility index (Phi) is 12.9. The number of guanidine groups is 1. The minimum atomic E-state index is -3.15. The van der Waals surface area contributed by atoms with Crippen molar-refractivity contribution in [2.24, 2.45) is 4.99 Å². The molecule has 0 amide bonds. The Morgan fingerprint density at radius 1 is 1.27 bits per heavy atom. The third-order valence-corrected chi connectivity index (χ3v) is 4.33. The normalized spacial score (nSPS) is 18.7. The van der Waals surface area contributed by atoms with Crippen molar-refractivity contribution in [3.8, 4) is 0 Å². The molecule has 0 bridgehead atoms. The first-order valence-corrected chi connectivity index (χ1v) is 10.6. The fourth-order valence-electron chi connectivity index (χ4n) is 2.43.